The molecule has 0 aromatic heterocycles. The zero-order chi connectivity index (χ0) is 18.8. The third-order valence-corrected chi connectivity index (χ3v) is 3.47. The molecule has 0 spiro atoms. The SMILES string of the molecule is CCNC(=NCC(=O)Nc1ccc(O)cc1)NCCc1cccc(F)c1. The number of nitrogens with zero attached hydrogens (tertiary/aromatic N) is 1. The number of carbonyl (C=O) groups is 1. The van der Waals surface area contributed by atoms with Crippen LogP contribution < -0.4 is 16.0 Å². The van der Waals surface area contributed by atoms with Crippen LogP contribution in [0, 0.1) is 5.82 Å². The highest BCUT2D eigenvalue weighted by Gasteiger charge is 2.04. The van der Waals surface area contributed by atoms with E-state index >= 15 is 0 Å². The first-order valence-corrected chi connectivity index (χ1v) is 8.42. The smallest absolute Gasteiger partial charge is 0.246 e. The number of benzene rings is 2. The summed E-state index contributed by atoms with van der Waals surface area (Å²) in [5, 5.41) is 18.1. The lowest BCUT2D eigenvalue weighted by Crippen LogP contribution is -2.39. The van der Waals surface area contributed by atoms with Gasteiger partial charge in [0.2, 0.25) is 5.91 Å². The molecule has 0 bridgehead atoms. The zero-order valence-corrected chi connectivity index (χ0v) is 14.6. The van der Waals surface area contributed by atoms with E-state index in [1.54, 1.807) is 18.2 Å². The summed E-state index contributed by atoms with van der Waals surface area (Å²) >= 11 is 0. The Kier molecular flexibility index (Phi) is 7.42. The van der Waals surface area contributed by atoms with E-state index in [1.807, 2.05) is 13.0 Å². The quantitative estimate of drug-likeness (QED) is 0.347. The summed E-state index contributed by atoms with van der Waals surface area (Å²) in [5.74, 6) is 0.134. The minimum absolute atomic E-state index is 0.0455. The number of nitrogens with one attached hydrogen (secondary N) is 3. The molecule has 4 N–H and O–H groups in total. The molecule has 6 nitrogen and oxygen atoms in total. The number of phenolic OH excluding ortho intramolecular Hbond substituents is 1. The van der Waals surface area contributed by atoms with Crippen molar-refractivity contribution in [2.45, 2.75) is 13.3 Å². The molecule has 0 saturated heterocycles. The number of aromatic hydroxyl groups is 1. The molecular weight excluding hydrogens is 335 g/mol. The number of halogens is 1. The fourth-order valence-corrected chi connectivity index (χ4v) is 2.26. The van der Waals surface area contributed by atoms with Gasteiger partial charge in [0.05, 0.1) is 0 Å². The molecule has 0 aliphatic carbocycles. The molecule has 138 valence electrons. The van der Waals surface area contributed by atoms with Crippen molar-refractivity contribution in [3.05, 3.63) is 59.9 Å². The molecule has 2 rings (SSSR count). The molecule has 7 heteroatoms. The van der Waals surface area contributed by atoms with E-state index in [2.05, 4.69) is 20.9 Å². The molecule has 0 aliphatic heterocycles. The summed E-state index contributed by atoms with van der Waals surface area (Å²) in [7, 11) is 0. The predicted molar refractivity (Wildman–Crippen MR) is 101 cm³/mol. The number of phenols is 1. The second-order valence-electron chi connectivity index (χ2n) is 5.60. The van der Waals surface area contributed by atoms with Gasteiger partial charge in [-0.3, -0.25) is 4.79 Å². The average Bonchev–Trinajstić information content (AvgIpc) is 2.62. The molecule has 0 unspecified atom stereocenters. The van der Waals surface area contributed by atoms with E-state index in [0.717, 1.165) is 5.56 Å². The highest BCUT2D eigenvalue weighted by atomic mass is 19.1. The maximum Gasteiger partial charge on any atom is 0.246 e. The highest BCUT2D eigenvalue weighted by molar-refractivity contribution is 5.94. The Labute approximate surface area is 152 Å². The van der Waals surface area contributed by atoms with E-state index in [1.165, 1.54) is 24.3 Å². The Bertz CT molecular complexity index is 747. The van der Waals surface area contributed by atoms with Crippen molar-refractivity contribution in [1.82, 2.24) is 10.6 Å². The first-order valence-electron chi connectivity index (χ1n) is 8.42. The van der Waals surface area contributed by atoms with Gasteiger partial charge < -0.3 is 21.1 Å². The Morgan fingerprint density at radius 1 is 1.15 bits per heavy atom. The van der Waals surface area contributed by atoms with Crippen molar-refractivity contribution in [2.24, 2.45) is 4.99 Å². The lowest BCUT2D eigenvalue weighted by atomic mass is 10.1. The lowest BCUT2D eigenvalue weighted by molar-refractivity contribution is -0.114. The molecular formula is C19H23FN4O2. The first kappa shape index (κ1) is 19.2. The molecule has 0 heterocycles. The van der Waals surface area contributed by atoms with E-state index < -0.39 is 0 Å². The fourth-order valence-electron chi connectivity index (χ4n) is 2.26. The summed E-state index contributed by atoms with van der Waals surface area (Å²) in [5.41, 5.74) is 1.48. The van der Waals surface area contributed by atoms with Crippen LogP contribution in [0.2, 0.25) is 0 Å². The topological polar surface area (TPSA) is 85.8 Å². The number of rotatable bonds is 7. The summed E-state index contributed by atoms with van der Waals surface area (Å²) in [6, 6.07) is 12.7. The number of amides is 1. The second-order valence-corrected chi connectivity index (χ2v) is 5.60. The molecule has 26 heavy (non-hydrogen) atoms. The molecule has 0 fully saturated rings. The van der Waals surface area contributed by atoms with Crippen LogP contribution >= 0.6 is 0 Å². The van der Waals surface area contributed by atoms with Crippen molar-refractivity contribution in [3.63, 3.8) is 0 Å². The van der Waals surface area contributed by atoms with Gasteiger partial charge in [-0.1, -0.05) is 12.1 Å². The Morgan fingerprint density at radius 2 is 1.92 bits per heavy atom. The van der Waals surface area contributed by atoms with Gasteiger partial charge in [0.15, 0.2) is 5.96 Å². The van der Waals surface area contributed by atoms with Gasteiger partial charge >= 0.3 is 0 Å². The van der Waals surface area contributed by atoms with Gasteiger partial charge in [-0.25, -0.2) is 9.38 Å². The van der Waals surface area contributed by atoms with Gasteiger partial charge in [-0.05, 0) is 55.3 Å². The summed E-state index contributed by atoms with van der Waals surface area (Å²) in [4.78, 5) is 16.2. The van der Waals surface area contributed by atoms with Gasteiger partial charge in [0.1, 0.15) is 18.1 Å². The van der Waals surface area contributed by atoms with Gasteiger partial charge in [0, 0.05) is 18.8 Å². The monoisotopic (exact) mass is 358 g/mol. The Hall–Kier alpha value is -3.09. The number of anilines is 1. The van der Waals surface area contributed by atoms with Gasteiger partial charge in [-0.2, -0.15) is 0 Å². The van der Waals surface area contributed by atoms with Crippen LogP contribution in [0.5, 0.6) is 5.75 Å². The largest absolute Gasteiger partial charge is 0.508 e. The molecule has 2 aromatic carbocycles. The molecule has 0 radical (unpaired) electrons. The number of aliphatic imine (C=N–C) groups is 1. The number of carbonyl (C=O) groups excluding carboxylic acids is 1. The fraction of sp³-hybridized carbons (Fsp3) is 0.263. The van der Waals surface area contributed by atoms with Crippen molar-refractivity contribution < 1.29 is 14.3 Å². The van der Waals surface area contributed by atoms with E-state index in [-0.39, 0.29) is 24.0 Å². The molecule has 0 atom stereocenters. The van der Waals surface area contributed by atoms with Gasteiger partial charge in [-0.15, -0.1) is 0 Å². The van der Waals surface area contributed by atoms with Crippen LogP contribution in [-0.4, -0.2) is 36.6 Å². The maximum absolute atomic E-state index is 13.2. The molecule has 2 aromatic rings. The third-order valence-electron chi connectivity index (χ3n) is 3.47. The minimum atomic E-state index is -0.266. The van der Waals surface area contributed by atoms with E-state index in [0.29, 0.717) is 31.2 Å². The summed E-state index contributed by atoms with van der Waals surface area (Å²) in [6.07, 6.45) is 0.641. The number of hydrogen-bond donors (Lipinski definition) is 4. The van der Waals surface area contributed by atoms with Crippen LogP contribution in [0.15, 0.2) is 53.5 Å². The van der Waals surface area contributed by atoms with Crippen LogP contribution in [0.4, 0.5) is 10.1 Å². The average molecular weight is 358 g/mol. The summed E-state index contributed by atoms with van der Waals surface area (Å²) < 4.78 is 13.2. The highest BCUT2D eigenvalue weighted by Crippen LogP contribution is 2.13. The first-order chi connectivity index (χ1) is 12.6. The molecule has 0 aliphatic rings. The van der Waals surface area contributed by atoms with E-state index in [4.69, 9.17) is 0 Å². The zero-order valence-electron chi connectivity index (χ0n) is 14.6. The Morgan fingerprint density at radius 3 is 2.62 bits per heavy atom. The van der Waals surface area contributed by atoms with Crippen molar-refractivity contribution >= 4 is 17.6 Å². The van der Waals surface area contributed by atoms with Crippen LogP contribution in [-0.2, 0) is 11.2 Å². The second kappa shape index (κ2) is 10.0. The van der Waals surface area contributed by atoms with Crippen LogP contribution in [0.1, 0.15) is 12.5 Å². The summed E-state index contributed by atoms with van der Waals surface area (Å²) in [6.45, 7) is 3.11. The minimum Gasteiger partial charge on any atom is -0.508 e. The Balaban J connectivity index is 1.82. The number of hydrogen-bond acceptors (Lipinski definition) is 3. The standard InChI is InChI=1S/C19H23FN4O2/c1-2-21-19(22-11-10-14-4-3-5-15(20)12-14)23-13-18(26)24-16-6-8-17(25)9-7-16/h3-9,12,25H,2,10-11,13H2,1H3,(H,24,26)(H2,21,22,23). The van der Waals surface area contributed by atoms with Crippen molar-refractivity contribution in [3.8, 4) is 5.75 Å². The van der Waals surface area contributed by atoms with Crippen molar-refractivity contribution in [2.75, 3.05) is 25.0 Å². The number of guanidine groups is 1. The van der Waals surface area contributed by atoms with Crippen LogP contribution in [0.3, 0.4) is 0 Å². The normalized spacial score (nSPS) is 11.1. The maximum atomic E-state index is 13.2. The van der Waals surface area contributed by atoms with E-state index in [9.17, 15) is 14.3 Å². The van der Waals surface area contributed by atoms with Crippen LogP contribution in [0.25, 0.3) is 0 Å². The molecule has 0 saturated carbocycles. The van der Waals surface area contributed by atoms with Gasteiger partial charge in [0.25, 0.3) is 0 Å². The molecule has 1 amide bonds. The lowest BCUT2D eigenvalue weighted by Gasteiger charge is -2.11. The third kappa shape index (κ3) is 6.80. The predicted octanol–water partition coefficient (Wildman–Crippen LogP) is 2.27. The van der Waals surface area contributed by atoms with Crippen molar-refractivity contribution in [1.29, 1.82) is 0 Å².